The van der Waals surface area contributed by atoms with Gasteiger partial charge in [0.25, 0.3) is 0 Å². The zero-order valence-corrected chi connectivity index (χ0v) is 6.62. The number of hydrogen-bond donors (Lipinski definition) is 0. The average Bonchev–Trinajstić information content (AvgIpc) is 2.48. The predicted molar refractivity (Wildman–Crippen MR) is 41.5 cm³/mol. The van der Waals surface area contributed by atoms with Crippen LogP contribution in [0.3, 0.4) is 0 Å². The Bertz CT molecular complexity index is 378. The van der Waals surface area contributed by atoms with Crippen LogP contribution in [0.15, 0.2) is 12.1 Å². The predicted octanol–water partition coefficient (Wildman–Crippen LogP) is 1.76. The summed E-state index contributed by atoms with van der Waals surface area (Å²) in [5, 5.41) is 10.3. The van der Waals surface area contributed by atoms with Gasteiger partial charge in [-0.3, -0.25) is 10.1 Å². The molecular weight excluding hydrogens is 177 g/mol. The molecule has 0 N–H and O–H groups in total. The van der Waals surface area contributed by atoms with Crippen molar-refractivity contribution in [3.8, 4) is 0 Å². The zero-order chi connectivity index (χ0) is 9.42. The Kier molecular flexibility index (Phi) is 1.73. The summed E-state index contributed by atoms with van der Waals surface area (Å²) >= 11 is 0. The van der Waals surface area contributed by atoms with E-state index in [9.17, 15) is 14.5 Å². The summed E-state index contributed by atoms with van der Waals surface area (Å²) in [4.78, 5) is 9.62. The largest absolute Gasteiger partial charge is 0.372 e. The third-order valence-corrected chi connectivity index (χ3v) is 1.98. The van der Waals surface area contributed by atoms with Gasteiger partial charge in [0.1, 0.15) is 0 Å². The van der Waals surface area contributed by atoms with Gasteiger partial charge in [0.2, 0.25) is 5.82 Å². The number of halogens is 1. The molecule has 1 aromatic rings. The van der Waals surface area contributed by atoms with Crippen molar-refractivity contribution in [3.05, 3.63) is 39.2 Å². The lowest BCUT2D eigenvalue weighted by Crippen LogP contribution is -1.95. The lowest BCUT2D eigenvalue weighted by molar-refractivity contribution is -0.387. The SMILES string of the molecule is O=[N+]([O-])c1cc2c(cc1F)COC2. The third kappa shape index (κ3) is 1.27. The van der Waals surface area contributed by atoms with Crippen molar-refractivity contribution >= 4 is 5.69 Å². The Morgan fingerprint density at radius 3 is 2.62 bits per heavy atom. The second kappa shape index (κ2) is 2.77. The smallest absolute Gasteiger partial charge is 0.305 e. The molecule has 1 aliphatic heterocycles. The van der Waals surface area contributed by atoms with Crippen LogP contribution in [0.4, 0.5) is 10.1 Å². The summed E-state index contributed by atoms with van der Waals surface area (Å²) in [7, 11) is 0. The topological polar surface area (TPSA) is 52.4 Å². The molecule has 0 spiro atoms. The van der Waals surface area contributed by atoms with E-state index in [0.29, 0.717) is 24.3 Å². The van der Waals surface area contributed by atoms with Gasteiger partial charge in [0.05, 0.1) is 18.1 Å². The molecule has 0 aromatic heterocycles. The fourth-order valence-corrected chi connectivity index (χ4v) is 1.33. The maximum atomic E-state index is 13.0. The minimum Gasteiger partial charge on any atom is -0.372 e. The van der Waals surface area contributed by atoms with E-state index in [4.69, 9.17) is 4.74 Å². The molecule has 0 saturated carbocycles. The van der Waals surface area contributed by atoms with E-state index in [1.165, 1.54) is 12.1 Å². The van der Waals surface area contributed by atoms with Crippen LogP contribution in [0.2, 0.25) is 0 Å². The molecule has 1 aromatic carbocycles. The van der Waals surface area contributed by atoms with Crippen molar-refractivity contribution in [1.29, 1.82) is 0 Å². The highest BCUT2D eigenvalue weighted by Crippen LogP contribution is 2.27. The maximum absolute atomic E-state index is 13.0. The second-order valence-electron chi connectivity index (χ2n) is 2.82. The van der Waals surface area contributed by atoms with Gasteiger partial charge in [-0.2, -0.15) is 4.39 Å². The Hall–Kier alpha value is -1.49. The Morgan fingerprint density at radius 1 is 1.38 bits per heavy atom. The van der Waals surface area contributed by atoms with Crippen molar-refractivity contribution < 1.29 is 14.1 Å². The molecule has 0 fully saturated rings. The van der Waals surface area contributed by atoms with E-state index in [-0.39, 0.29) is 0 Å². The number of nitro groups is 1. The lowest BCUT2D eigenvalue weighted by Gasteiger charge is -1.97. The first kappa shape index (κ1) is 8.12. The number of benzene rings is 1. The van der Waals surface area contributed by atoms with Gasteiger partial charge in [0.15, 0.2) is 0 Å². The molecule has 1 aliphatic rings. The molecule has 0 bridgehead atoms. The number of hydrogen-bond acceptors (Lipinski definition) is 3. The van der Waals surface area contributed by atoms with Crippen molar-refractivity contribution in [3.63, 3.8) is 0 Å². The van der Waals surface area contributed by atoms with Crippen LogP contribution >= 0.6 is 0 Å². The van der Waals surface area contributed by atoms with Crippen molar-refractivity contribution in [2.24, 2.45) is 0 Å². The van der Waals surface area contributed by atoms with Gasteiger partial charge in [-0.1, -0.05) is 0 Å². The van der Waals surface area contributed by atoms with Crippen molar-refractivity contribution in [1.82, 2.24) is 0 Å². The first-order valence-corrected chi connectivity index (χ1v) is 3.72. The molecule has 0 unspecified atom stereocenters. The van der Waals surface area contributed by atoms with Crippen molar-refractivity contribution in [2.45, 2.75) is 13.2 Å². The average molecular weight is 183 g/mol. The summed E-state index contributed by atoms with van der Waals surface area (Å²) < 4.78 is 18.0. The zero-order valence-electron chi connectivity index (χ0n) is 6.62. The highest BCUT2D eigenvalue weighted by molar-refractivity contribution is 5.42. The maximum Gasteiger partial charge on any atom is 0.305 e. The van der Waals surface area contributed by atoms with E-state index >= 15 is 0 Å². The standard InChI is InChI=1S/C8H6FNO3/c9-7-1-5-3-13-4-6(5)2-8(7)10(11)12/h1-2H,3-4H2. The van der Waals surface area contributed by atoms with Crippen LogP contribution in [0, 0.1) is 15.9 Å². The summed E-state index contributed by atoms with van der Waals surface area (Å²) in [6.45, 7) is 0.667. The Morgan fingerprint density at radius 2 is 2.00 bits per heavy atom. The van der Waals surface area contributed by atoms with Gasteiger partial charge >= 0.3 is 5.69 Å². The number of ether oxygens (including phenoxy) is 1. The molecule has 1 heterocycles. The molecule has 0 saturated heterocycles. The van der Waals surface area contributed by atoms with Crippen LogP contribution in [0.1, 0.15) is 11.1 Å². The molecule has 5 heteroatoms. The summed E-state index contributed by atoms with van der Waals surface area (Å²) in [6, 6.07) is 2.40. The molecule has 68 valence electrons. The summed E-state index contributed by atoms with van der Waals surface area (Å²) in [5.41, 5.74) is 0.917. The van der Waals surface area contributed by atoms with Crippen LogP contribution in [0.5, 0.6) is 0 Å². The quantitative estimate of drug-likeness (QED) is 0.492. The Labute approximate surface area is 73.1 Å². The molecule has 13 heavy (non-hydrogen) atoms. The minimum atomic E-state index is -0.797. The normalized spacial score (nSPS) is 14.2. The highest BCUT2D eigenvalue weighted by Gasteiger charge is 2.20. The number of nitrogens with zero attached hydrogens (tertiary/aromatic N) is 1. The monoisotopic (exact) mass is 183 g/mol. The highest BCUT2D eigenvalue weighted by atomic mass is 19.1. The lowest BCUT2D eigenvalue weighted by atomic mass is 10.1. The molecule has 2 rings (SSSR count). The summed E-state index contributed by atoms with van der Waals surface area (Å²) in [6.07, 6.45) is 0. The molecular formula is C8H6FNO3. The van der Waals surface area contributed by atoms with Crippen LogP contribution < -0.4 is 0 Å². The fourth-order valence-electron chi connectivity index (χ4n) is 1.33. The minimum absolute atomic E-state index is 0.330. The molecule has 4 nitrogen and oxygen atoms in total. The molecule has 0 atom stereocenters. The van der Waals surface area contributed by atoms with Gasteiger partial charge in [0, 0.05) is 6.07 Å². The van der Waals surface area contributed by atoms with Crippen LogP contribution in [-0.4, -0.2) is 4.92 Å². The Balaban J connectivity index is 2.55. The van der Waals surface area contributed by atoms with Crippen LogP contribution in [0.25, 0.3) is 0 Å². The van der Waals surface area contributed by atoms with E-state index in [2.05, 4.69) is 0 Å². The number of fused-ring (bicyclic) bond motifs is 1. The third-order valence-electron chi connectivity index (χ3n) is 1.98. The van der Waals surface area contributed by atoms with Gasteiger partial charge in [-0.05, 0) is 17.2 Å². The van der Waals surface area contributed by atoms with Crippen LogP contribution in [-0.2, 0) is 18.0 Å². The second-order valence-corrected chi connectivity index (χ2v) is 2.82. The van der Waals surface area contributed by atoms with Gasteiger partial charge < -0.3 is 4.74 Å². The van der Waals surface area contributed by atoms with E-state index < -0.39 is 16.4 Å². The number of nitro benzene ring substituents is 1. The molecule has 0 radical (unpaired) electrons. The first-order chi connectivity index (χ1) is 6.18. The van der Waals surface area contributed by atoms with E-state index in [1.807, 2.05) is 0 Å². The summed E-state index contributed by atoms with van der Waals surface area (Å²) in [5.74, 6) is -0.797. The first-order valence-electron chi connectivity index (χ1n) is 3.72. The van der Waals surface area contributed by atoms with Gasteiger partial charge in [-0.15, -0.1) is 0 Å². The van der Waals surface area contributed by atoms with Gasteiger partial charge in [-0.25, -0.2) is 0 Å². The van der Waals surface area contributed by atoms with E-state index in [1.54, 1.807) is 0 Å². The van der Waals surface area contributed by atoms with E-state index in [0.717, 1.165) is 0 Å². The number of rotatable bonds is 1. The molecule has 0 aliphatic carbocycles. The molecule has 0 amide bonds. The fraction of sp³-hybridized carbons (Fsp3) is 0.250. The van der Waals surface area contributed by atoms with Crippen molar-refractivity contribution in [2.75, 3.05) is 0 Å².